The molecule has 0 spiro atoms. The van der Waals surface area contributed by atoms with Gasteiger partial charge in [-0.05, 0) is 37.5 Å². The molecule has 1 N–H and O–H groups in total. The lowest BCUT2D eigenvalue weighted by Crippen LogP contribution is -2.35. The highest BCUT2D eigenvalue weighted by atomic mass is 16.2. The summed E-state index contributed by atoms with van der Waals surface area (Å²) in [4.78, 5) is 25.6. The highest BCUT2D eigenvalue weighted by Gasteiger charge is 2.19. The number of unbranched alkanes of at least 4 members (excludes halogenated alkanes) is 2. The van der Waals surface area contributed by atoms with E-state index in [2.05, 4.69) is 12.2 Å². The maximum Gasteiger partial charge on any atom is 0.226 e. The van der Waals surface area contributed by atoms with Crippen molar-refractivity contribution in [2.45, 2.75) is 51.9 Å². The van der Waals surface area contributed by atoms with Crippen LogP contribution in [0.15, 0.2) is 24.3 Å². The fraction of sp³-hybridized carbons (Fsp3) is 0.529. The maximum absolute atomic E-state index is 11.9. The summed E-state index contributed by atoms with van der Waals surface area (Å²) < 4.78 is 0. The minimum Gasteiger partial charge on any atom is -0.326 e. The molecule has 114 valence electrons. The van der Waals surface area contributed by atoms with Crippen molar-refractivity contribution >= 4 is 23.2 Å². The van der Waals surface area contributed by atoms with Crippen molar-refractivity contribution in [2.75, 3.05) is 16.8 Å². The summed E-state index contributed by atoms with van der Waals surface area (Å²) in [5, 5.41) is 2.92. The Kier molecular flexibility index (Phi) is 5.78. The number of piperidine rings is 1. The van der Waals surface area contributed by atoms with Crippen LogP contribution in [0.25, 0.3) is 0 Å². The summed E-state index contributed by atoms with van der Waals surface area (Å²) >= 11 is 0. The van der Waals surface area contributed by atoms with Gasteiger partial charge in [0.1, 0.15) is 0 Å². The quantitative estimate of drug-likeness (QED) is 0.811. The zero-order valence-corrected chi connectivity index (χ0v) is 12.7. The van der Waals surface area contributed by atoms with Gasteiger partial charge in [0.05, 0.1) is 0 Å². The van der Waals surface area contributed by atoms with Crippen molar-refractivity contribution in [1.29, 1.82) is 0 Å². The predicted octanol–water partition coefficient (Wildman–Crippen LogP) is 3.72. The van der Waals surface area contributed by atoms with Crippen LogP contribution in [0.3, 0.4) is 0 Å². The molecular weight excluding hydrogens is 264 g/mol. The third-order valence-electron chi connectivity index (χ3n) is 3.77. The zero-order chi connectivity index (χ0) is 15.1. The summed E-state index contributed by atoms with van der Waals surface area (Å²) in [6, 6.07) is 7.57. The number of hydrogen-bond donors (Lipinski definition) is 1. The van der Waals surface area contributed by atoms with E-state index < -0.39 is 0 Å². The number of nitrogens with one attached hydrogen (secondary N) is 1. The maximum atomic E-state index is 11.9. The third kappa shape index (κ3) is 4.59. The highest BCUT2D eigenvalue weighted by molar-refractivity contribution is 5.96. The van der Waals surface area contributed by atoms with Crippen LogP contribution >= 0.6 is 0 Å². The second kappa shape index (κ2) is 7.81. The van der Waals surface area contributed by atoms with E-state index in [0.717, 1.165) is 50.0 Å². The Labute approximate surface area is 126 Å². The summed E-state index contributed by atoms with van der Waals surface area (Å²) in [5.41, 5.74) is 1.65. The fourth-order valence-electron chi connectivity index (χ4n) is 2.59. The third-order valence-corrected chi connectivity index (χ3v) is 3.77. The van der Waals surface area contributed by atoms with Gasteiger partial charge in [-0.3, -0.25) is 9.59 Å². The lowest BCUT2D eigenvalue weighted by atomic mass is 10.1. The number of nitrogens with zero attached hydrogens (tertiary/aromatic N) is 1. The first-order valence-electron chi connectivity index (χ1n) is 7.91. The van der Waals surface area contributed by atoms with Gasteiger partial charge in [0.25, 0.3) is 0 Å². The van der Waals surface area contributed by atoms with E-state index in [4.69, 9.17) is 0 Å². The molecule has 4 heteroatoms. The van der Waals surface area contributed by atoms with Crippen molar-refractivity contribution in [3.8, 4) is 0 Å². The van der Waals surface area contributed by atoms with Crippen LogP contribution in [-0.2, 0) is 9.59 Å². The minimum absolute atomic E-state index is 0.0468. The molecule has 1 fully saturated rings. The molecule has 0 radical (unpaired) electrons. The summed E-state index contributed by atoms with van der Waals surface area (Å²) in [6.07, 6.45) is 6.30. The van der Waals surface area contributed by atoms with Crippen LogP contribution in [0.1, 0.15) is 51.9 Å². The first-order valence-corrected chi connectivity index (χ1v) is 7.91. The van der Waals surface area contributed by atoms with Gasteiger partial charge >= 0.3 is 0 Å². The molecule has 0 aromatic heterocycles. The van der Waals surface area contributed by atoms with Crippen LogP contribution in [0.4, 0.5) is 11.4 Å². The molecule has 0 saturated carbocycles. The molecule has 21 heavy (non-hydrogen) atoms. The monoisotopic (exact) mass is 288 g/mol. The SMILES string of the molecule is CCCCCC(=O)Nc1cccc(N2CCCCC2=O)c1. The molecule has 4 nitrogen and oxygen atoms in total. The molecule has 1 aliphatic rings. The molecule has 1 heterocycles. The minimum atomic E-state index is 0.0468. The van der Waals surface area contributed by atoms with Gasteiger partial charge < -0.3 is 10.2 Å². The smallest absolute Gasteiger partial charge is 0.226 e. The fourth-order valence-corrected chi connectivity index (χ4v) is 2.59. The lowest BCUT2D eigenvalue weighted by molar-refractivity contribution is -0.119. The Hall–Kier alpha value is -1.84. The molecule has 1 saturated heterocycles. The van der Waals surface area contributed by atoms with Crippen LogP contribution in [0.2, 0.25) is 0 Å². The molecule has 0 bridgehead atoms. The van der Waals surface area contributed by atoms with E-state index in [1.54, 1.807) is 0 Å². The molecule has 0 aliphatic carbocycles. The number of carbonyl (C=O) groups excluding carboxylic acids is 2. The lowest BCUT2D eigenvalue weighted by Gasteiger charge is -2.27. The summed E-state index contributed by atoms with van der Waals surface area (Å²) in [5.74, 6) is 0.221. The molecule has 2 rings (SSSR count). The van der Waals surface area contributed by atoms with Crippen molar-refractivity contribution in [2.24, 2.45) is 0 Å². The predicted molar refractivity (Wildman–Crippen MR) is 85.4 cm³/mol. The first-order chi connectivity index (χ1) is 10.2. The second-order valence-corrected chi connectivity index (χ2v) is 5.56. The summed E-state index contributed by atoms with van der Waals surface area (Å²) in [6.45, 7) is 2.89. The van der Waals surface area contributed by atoms with Gasteiger partial charge in [-0.2, -0.15) is 0 Å². The number of amides is 2. The van der Waals surface area contributed by atoms with Crippen molar-refractivity contribution in [3.63, 3.8) is 0 Å². The Bertz CT molecular complexity index is 499. The van der Waals surface area contributed by atoms with Crippen molar-refractivity contribution in [3.05, 3.63) is 24.3 Å². The van der Waals surface area contributed by atoms with Gasteiger partial charge in [-0.15, -0.1) is 0 Å². The Morgan fingerprint density at radius 1 is 1.29 bits per heavy atom. The van der Waals surface area contributed by atoms with Crippen molar-refractivity contribution in [1.82, 2.24) is 0 Å². The molecule has 0 atom stereocenters. The van der Waals surface area contributed by atoms with Gasteiger partial charge in [-0.25, -0.2) is 0 Å². The topological polar surface area (TPSA) is 49.4 Å². The first kappa shape index (κ1) is 15.5. The van der Waals surface area contributed by atoms with E-state index >= 15 is 0 Å². The average Bonchev–Trinajstić information content (AvgIpc) is 2.48. The van der Waals surface area contributed by atoms with E-state index in [0.29, 0.717) is 12.8 Å². The molecule has 1 aliphatic heterocycles. The number of anilines is 2. The average molecular weight is 288 g/mol. The van der Waals surface area contributed by atoms with Crippen LogP contribution in [-0.4, -0.2) is 18.4 Å². The number of carbonyl (C=O) groups is 2. The van der Waals surface area contributed by atoms with E-state index in [1.165, 1.54) is 0 Å². The van der Waals surface area contributed by atoms with Gasteiger partial charge in [-0.1, -0.05) is 25.8 Å². The molecular formula is C17H24N2O2. The second-order valence-electron chi connectivity index (χ2n) is 5.56. The standard InChI is InChI=1S/C17H24N2O2/c1-2-3-4-10-16(20)18-14-8-7-9-15(13-14)19-12-6-5-11-17(19)21/h7-9,13H,2-6,10-12H2,1H3,(H,18,20). The molecule has 0 unspecified atom stereocenters. The largest absolute Gasteiger partial charge is 0.326 e. The van der Waals surface area contributed by atoms with E-state index in [-0.39, 0.29) is 11.8 Å². The Morgan fingerprint density at radius 2 is 2.14 bits per heavy atom. The van der Waals surface area contributed by atoms with E-state index in [1.807, 2.05) is 29.2 Å². The summed E-state index contributed by atoms with van der Waals surface area (Å²) in [7, 11) is 0. The van der Waals surface area contributed by atoms with Crippen LogP contribution in [0.5, 0.6) is 0 Å². The zero-order valence-electron chi connectivity index (χ0n) is 12.7. The van der Waals surface area contributed by atoms with Gasteiger partial charge in [0.2, 0.25) is 11.8 Å². The van der Waals surface area contributed by atoms with E-state index in [9.17, 15) is 9.59 Å². The van der Waals surface area contributed by atoms with Crippen LogP contribution in [0, 0.1) is 0 Å². The number of benzene rings is 1. The normalized spacial score (nSPS) is 15.1. The number of hydrogen-bond acceptors (Lipinski definition) is 2. The van der Waals surface area contributed by atoms with Crippen molar-refractivity contribution < 1.29 is 9.59 Å². The Balaban J connectivity index is 1.97. The Morgan fingerprint density at radius 3 is 2.90 bits per heavy atom. The number of rotatable bonds is 6. The van der Waals surface area contributed by atoms with Gasteiger partial charge in [0, 0.05) is 30.8 Å². The molecule has 1 aromatic rings. The van der Waals surface area contributed by atoms with Crippen LogP contribution < -0.4 is 10.2 Å². The highest BCUT2D eigenvalue weighted by Crippen LogP contribution is 2.24. The molecule has 1 aromatic carbocycles. The molecule has 2 amide bonds. The van der Waals surface area contributed by atoms with Gasteiger partial charge in [0.15, 0.2) is 0 Å².